The van der Waals surface area contributed by atoms with Crippen molar-refractivity contribution in [3.63, 3.8) is 0 Å². The molecule has 1 aromatic rings. The van der Waals surface area contributed by atoms with Crippen molar-refractivity contribution < 1.29 is 30.1 Å². The molecule has 8 N–H and O–H groups in total. The maximum absolute atomic E-state index is 10.8. The second-order valence-electron chi connectivity index (χ2n) is 12.9. The molecule has 1 aliphatic heterocycles. The lowest BCUT2D eigenvalue weighted by atomic mass is 9.80. The van der Waals surface area contributed by atoms with Crippen LogP contribution in [0.25, 0.3) is 0 Å². The third-order valence-electron chi connectivity index (χ3n) is 8.12. The van der Waals surface area contributed by atoms with Crippen LogP contribution >= 0.6 is 0 Å². The highest BCUT2D eigenvalue weighted by atomic mass is 16.2. The summed E-state index contributed by atoms with van der Waals surface area (Å²) in [6.07, 6.45) is 8.12. The minimum atomic E-state index is -1.01. The number of aryl methyl sites for hydroxylation is 1. The number of amidine groups is 1. The van der Waals surface area contributed by atoms with Gasteiger partial charge in [0.1, 0.15) is 5.84 Å². The van der Waals surface area contributed by atoms with Gasteiger partial charge in [-0.15, -0.1) is 0 Å². The number of rotatable bonds is 20. The maximum atomic E-state index is 10.8. The van der Waals surface area contributed by atoms with Crippen molar-refractivity contribution in [2.75, 3.05) is 32.7 Å². The van der Waals surface area contributed by atoms with E-state index >= 15 is 0 Å². The SMILES string of the molecule is CB(O)N=C(NCCCCCCCCN(B(C)O)C(=NB(C)O)N(CCCc1ccc(C2=NCCCN2B(C)O)cc1)B(C)O)NB(C)O. The van der Waals surface area contributed by atoms with E-state index in [2.05, 4.69) is 37.5 Å². The molecule has 0 atom stereocenters. The van der Waals surface area contributed by atoms with Crippen LogP contribution in [0.1, 0.15) is 62.5 Å². The molecule has 0 aromatic heterocycles. The molecule has 2 rings (SSSR count). The molecule has 0 saturated carbocycles. The number of guanidine groups is 2. The van der Waals surface area contributed by atoms with Crippen molar-refractivity contribution in [3.05, 3.63) is 35.4 Å². The monoisotopic (exact) mass is 681 g/mol. The summed E-state index contributed by atoms with van der Waals surface area (Å²) >= 11 is 0. The molecule has 0 bridgehead atoms. The zero-order valence-electron chi connectivity index (χ0n) is 30.5. The first-order valence-corrected chi connectivity index (χ1v) is 18.0. The molecule has 0 fully saturated rings. The Morgan fingerprint density at radius 1 is 0.776 bits per heavy atom. The van der Waals surface area contributed by atoms with Crippen LogP contribution in [0.3, 0.4) is 0 Å². The van der Waals surface area contributed by atoms with Crippen molar-refractivity contribution in [3.8, 4) is 0 Å². The number of hydrogen-bond acceptors (Lipinski definition) is 10. The van der Waals surface area contributed by atoms with E-state index in [4.69, 9.17) is 0 Å². The second-order valence-corrected chi connectivity index (χ2v) is 12.9. The zero-order valence-corrected chi connectivity index (χ0v) is 30.5. The Hall–Kier alpha value is -2.62. The number of nitrogens with zero attached hydrogens (tertiary/aromatic N) is 6. The van der Waals surface area contributed by atoms with E-state index < -0.39 is 42.3 Å². The van der Waals surface area contributed by atoms with Crippen LogP contribution in [0, 0.1) is 0 Å². The van der Waals surface area contributed by atoms with Gasteiger partial charge < -0.3 is 55.1 Å². The van der Waals surface area contributed by atoms with Crippen molar-refractivity contribution in [2.45, 2.75) is 98.7 Å². The Bertz CT molecular complexity index is 1160. The standard InChI is InChI=1S/C29H58B6N8O6/c1-30(44)38-28(39-31(2)45)37-20-11-9-7-8-10-12-22-42(34(5)48)29(40-32(3)46)43(35(6)49)23-13-15-25-16-18-26(19-17-25)27-36-21-14-24-41(27)33(4)47/h16-19,44-49H,7-15,20-24H2,1-6H3,(H2,37,38,39). The van der Waals surface area contributed by atoms with E-state index in [0.717, 1.165) is 81.4 Å². The molecule has 0 amide bonds. The first kappa shape index (κ1) is 42.5. The van der Waals surface area contributed by atoms with Gasteiger partial charge in [-0.1, -0.05) is 49.9 Å². The highest BCUT2D eigenvalue weighted by molar-refractivity contribution is 6.56. The van der Waals surface area contributed by atoms with Gasteiger partial charge in [0.15, 0.2) is 11.9 Å². The van der Waals surface area contributed by atoms with Gasteiger partial charge in [-0.05, 0) is 78.6 Å². The fourth-order valence-electron chi connectivity index (χ4n) is 5.75. The number of nitrogens with one attached hydrogen (secondary N) is 2. The fourth-order valence-corrected chi connectivity index (χ4v) is 5.75. The van der Waals surface area contributed by atoms with Crippen molar-refractivity contribution >= 4 is 60.1 Å². The topological polar surface area (TPSA) is 192 Å². The fraction of sp³-hybridized carbons (Fsp3) is 0.690. The lowest BCUT2D eigenvalue weighted by molar-refractivity contribution is 0.395. The van der Waals surface area contributed by atoms with Gasteiger partial charge in [0.25, 0.3) is 0 Å². The Kier molecular flexibility index (Phi) is 19.9. The summed E-state index contributed by atoms with van der Waals surface area (Å²) in [4.78, 5) is 18.5. The summed E-state index contributed by atoms with van der Waals surface area (Å²) in [5, 5.41) is 66.8. The summed E-state index contributed by atoms with van der Waals surface area (Å²) in [5.41, 5.74) is 2.11. The first-order chi connectivity index (χ1) is 23.3. The molecule has 0 radical (unpaired) electrons. The van der Waals surface area contributed by atoms with E-state index in [9.17, 15) is 30.1 Å². The molecular weight excluding hydrogens is 621 g/mol. The van der Waals surface area contributed by atoms with Crippen LogP contribution in [0.15, 0.2) is 39.1 Å². The summed E-state index contributed by atoms with van der Waals surface area (Å²) in [5.74, 6) is 1.56. The van der Waals surface area contributed by atoms with E-state index in [1.807, 2.05) is 16.9 Å². The number of unbranched alkanes of at least 4 members (excludes halogenated alkanes) is 5. The molecule has 20 heteroatoms. The Morgan fingerprint density at radius 3 is 1.90 bits per heavy atom. The maximum Gasteiger partial charge on any atom is 0.431 e. The molecule has 49 heavy (non-hydrogen) atoms. The molecule has 0 unspecified atom stereocenters. The Labute approximate surface area is 296 Å². The van der Waals surface area contributed by atoms with E-state index in [-0.39, 0.29) is 0 Å². The lowest BCUT2D eigenvalue weighted by Crippen LogP contribution is -2.56. The zero-order chi connectivity index (χ0) is 36.3. The van der Waals surface area contributed by atoms with Crippen LogP contribution in [0.5, 0.6) is 0 Å². The van der Waals surface area contributed by atoms with E-state index in [0.29, 0.717) is 38.0 Å². The van der Waals surface area contributed by atoms with Crippen molar-refractivity contribution in [1.29, 1.82) is 0 Å². The molecule has 14 nitrogen and oxygen atoms in total. The third-order valence-corrected chi connectivity index (χ3v) is 8.12. The molecule has 1 heterocycles. The van der Waals surface area contributed by atoms with Gasteiger partial charge in [-0.3, -0.25) is 14.8 Å². The molecule has 1 aliphatic rings. The van der Waals surface area contributed by atoms with Gasteiger partial charge in [0.2, 0.25) is 0 Å². The summed E-state index contributed by atoms with van der Waals surface area (Å²) in [6, 6.07) is 8.21. The van der Waals surface area contributed by atoms with Crippen molar-refractivity contribution in [1.82, 2.24) is 25.0 Å². The lowest BCUT2D eigenvalue weighted by Gasteiger charge is -2.37. The van der Waals surface area contributed by atoms with Crippen LogP contribution in [-0.2, 0) is 6.42 Å². The smallest absolute Gasteiger partial charge is 0.431 e. The summed E-state index contributed by atoms with van der Waals surface area (Å²) in [6.45, 7) is 13.0. The minimum absolute atomic E-state index is 0.370. The van der Waals surface area contributed by atoms with Gasteiger partial charge >= 0.3 is 42.3 Å². The van der Waals surface area contributed by atoms with Crippen LogP contribution in [0.4, 0.5) is 0 Å². The van der Waals surface area contributed by atoms with E-state index in [1.165, 1.54) is 0 Å². The number of aliphatic imine (C=N–C) groups is 1. The molecule has 0 aliphatic carbocycles. The molecule has 1 aromatic carbocycles. The first-order valence-electron chi connectivity index (χ1n) is 18.0. The number of hydrogen-bond donors (Lipinski definition) is 8. The Morgan fingerprint density at radius 2 is 1.35 bits per heavy atom. The van der Waals surface area contributed by atoms with Crippen LogP contribution in [0.2, 0.25) is 40.9 Å². The van der Waals surface area contributed by atoms with Gasteiger partial charge in [0.05, 0.1) is 0 Å². The van der Waals surface area contributed by atoms with Gasteiger partial charge in [0, 0.05) is 38.3 Å². The molecule has 0 spiro atoms. The van der Waals surface area contributed by atoms with Crippen molar-refractivity contribution in [2.24, 2.45) is 14.8 Å². The summed E-state index contributed by atoms with van der Waals surface area (Å²) < 4.78 is 0. The summed E-state index contributed by atoms with van der Waals surface area (Å²) in [7, 11) is -5.00. The van der Waals surface area contributed by atoms with Crippen LogP contribution < -0.4 is 10.5 Å². The van der Waals surface area contributed by atoms with E-state index in [1.54, 1.807) is 50.6 Å². The second kappa shape index (κ2) is 23.0. The quantitative estimate of drug-likeness (QED) is 0.0416. The average molecular weight is 680 g/mol. The van der Waals surface area contributed by atoms with Crippen LogP contribution in [-0.4, -0.2) is 137 Å². The highest BCUT2D eigenvalue weighted by Gasteiger charge is 2.30. The minimum Gasteiger partial charge on any atom is -0.433 e. The Balaban J connectivity index is 1.90. The molecule has 268 valence electrons. The number of benzene rings is 1. The normalized spacial score (nSPS) is 13.5. The predicted molar refractivity (Wildman–Crippen MR) is 208 cm³/mol. The average Bonchev–Trinajstić information content (AvgIpc) is 3.02. The predicted octanol–water partition coefficient (Wildman–Crippen LogP) is 0.569. The third kappa shape index (κ3) is 16.3. The van der Waals surface area contributed by atoms with Gasteiger partial charge in [-0.2, -0.15) is 0 Å². The molecule has 0 saturated heterocycles. The van der Waals surface area contributed by atoms with Gasteiger partial charge in [-0.25, -0.2) is 0 Å². The molecular formula is C29H58B6N8O6. The largest absolute Gasteiger partial charge is 0.433 e. The highest BCUT2D eigenvalue weighted by Crippen LogP contribution is 2.16.